The quantitative estimate of drug-likeness (QED) is 0.788. The molecule has 0 aromatic rings. The molecule has 1 saturated carbocycles. The number of amides is 3. The van der Waals surface area contributed by atoms with E-state index in [0.29, 0.717) is 19.0 Å². The van der Waals surface area contributed by atoms with Crippen molar-refractivity contribution < 1.29 is 9.59 Å². The monoisotopic (exact) mass is 291 g/mol. The summed E-state index contributed by atoms with van der Waals surface area (Å²) in [5.74, 6) is 0.574. The lowest BCUT2D eigenvalue weighted by Gasteiger charge is -2.25. The Morgan fingerprint density at radius 3 is 2.43 bits per heavy atom. The first kappa shape index (κ1) is 14.4. The van der Waals surface area contributed by atoms with Gasteiger partial charge in [0.05, 0.1) is 0 Å². The smallest absolute Gasteiger partial charge is 0.317 e. The molecule has 2 fully saturated rings. The molecule has 2 aliphatic carbocycles. The van der Waals surface area contributed by atoms with E-state index in [1.165, 1.54) is 0 Å². The van der Waals surface area contributed by atoms with Crippen LogP contribution in [0, 0.1) is 5.92 Å². The Kier molecular flexibility index (Phi) is 4.46. The molecule has 3 amide bonds. The van der Waals surface area contributed by atoms with Gasteiger partial charge in [0.15, 0.2) is 0 Å². The van der Waals surface area contributed by atoms with Crippen LogP contribution in [0.1, 0.15) is 38.5 Å². The molecule has 1 atom stereocenters. The molecule has 1 heterocycles. The summed E-state index contributed by atoms with van der Waals surface area (Å²) < 4.78 is 0. The van der Waals surface area contributed by atoms with E-state index in [9.17, 15) is 9.59 Å². The second kappa shape index (κ2) is 6.50. The first-order valence-electron chi connectivity index (χ1n) is 8.25. The molecular formula is C16H25N3O2. The molecule has 5 heteroatoms. The standard InChI is InChI=1S/C16H25N3O2/c20-15(13-7-8-13)18-9-4-10-19(12-11-18)16(21)17-14-5-2-1-3-6-14/h2,5,13-14H,1,3-4,6-12H2,(H,17,21). The van der Waals surface area contributed by atoms with E-state index in [4.69, 9.17) is 0 Å². The van der Waals surface area contributed by atoms with E-state index in [1.54, 1.807) is 0 Å². The Morgan fingerprint density at radius 1 is 0.952 bits per heavy atom. The first-order valence-corrected chi connectivity index (χ1v) is 8.25. The van der Waals surface area contributed by atoms with Crippen LogP contribution in [-0.2, 0) is 4.79 Å². The van der Waals surface area contributed by atoms with Crippen LogP contribution in [-0.4, -0.2) is 54.0 Å². The largest absolute Gasteiger partial charge is 0.341 e. The lowest BCUT2D eigenvalue weighted by atomic mass is 10.0. The Hall–Kier alpha value is -1.52. The minimum Gasteiger partial charge on any atom is -0.341 e. The van der Waals surface area contributed by atoms with Gasteiger partial charge in [-0.05, 0) is 38.5 Å². The molecule has 0 aromatic heterocycles. The van der Waals surface area contributed by atoms with Crippen LogP contribution in [0.2, 0.25) is 0 Å². The summed E-state index contributed by atoms with van der Waals surface area (Å²) in [4.78, 5) is 28.2. The van der Waals surface area contributed by atoms with Gasteiger partial charge < -0.3 is 15.1 Å². The number of hydrogen-bond acceptors (Lipinski definition) is 2. The molecule has 5 nitrogen and oxygen atoms in total. The van der Waals surface area contributed by atoms with Gasteiger partial charge in [0, 0.05) is 38.1 Å². The third kappa shape index (κ3) is 3.77. The summed E-state index contributed by atoms with van der Waals surface area (Å²) in [5.41, 5.74) is 0. The summed E-state index contributed by atoms with van der Waals surface area (Å²) in [6, 6.07) is 0.200. The van der Waals surface area contributed by atoms with Crippen LogP contribution < -0.4 is 5.32 Å². The average Bonchev–Trinajstić information content (AvgIpc) is 3.34. The van der Waals surface area contributed by atoms with Crippen molar-refractivity contribution in [2.75, 3.05) is 26.2 Å². The molecule has 1 saturated heterocycles. The predicted octanol–water partition coefficient (Wildman–Crippen LogP) is 1.75. The lowest BCUT2D eigenvalue weighted by Crippen LogP contribution is -2.46. The number of hydrogen-bond donors (Lipinski definition) is 1. The van der Waals surface area contributed by atoms with Crippen molar-refractivity contribution in [3.63, 3.8) is 0 Å². The second-order valence-corrected chi connectivity index (χ2v) is 6.36. The number of rotatable bonds is 2. The van der Waals surface area contributed by atoms with E-state index in [0.717, 1.165) is 51.6 Å². The van der Waals surface area contributed by atoms with Crippen LogP contribution in [0.3, 0.4) is 0 Å². The number of urea groups is 1. The normalized spacial score (nSPS) is 26.4. The minimum atomic E-state index is 0.0206. The molecule has 3 rings (SSSR count). The molecule has 21 heavy (non-hydrogen) atoms. The van der Waals surface area contributed by atoms with E-state index >= 15 is 0 Å². The lowest BCUT2D eigenvalue weighted by molar-refractivity contribution is -0.132. The minimum absolute atomic E-state index is 0.0206. The van der Waals surface area contributed by atoms with Gasteiger partial charge in [-0.3, -0.25) is 4.79 Å². The Bertz CT molecular complexity index is 431. The Morgan fingerprint density at radius 2 is 1.71 bits per heavy atom. The van der Waals surface area contributed by atoms with Crippen molar-refractivity contribution in [2.24, 2.45) is 5.92 Å². The van der Waals surface area contributed by atoms with Crippen LogP contribution in [0.15, 0.2) is 12.2 Å². The number of allylic oxidation sites excluding steroid dienone is 1. The van der Waals surface area contributed by atoms with E-state index < -0.39 is 0 Å². The highest BCUT2D eigenvalue weighted by Crippen LogP contribution is 2.31. The van der Waals surface area contributed by atoms with Crippen LogP contribution in [0.4, 0.5) is 4.79 Å². The number of carbonyl (C=O) groups is 2. The average molecular weight is 291 g/mol. The fourth-order valence-electron chi connectivity index (χ4n) is 3.11. The summed E-state index contributed by atoms with van der Waals surface area (Å²) >= 11 is 0. The van der Waals surface area contributed by atoms with E-state index in [1.807, 2.05) is 9.80 Å². The molecule has 0 radical (unpaired) electrons. The second-order valence-electron chi connectivity index (χ2n) is 6.36. The van der Waals surface area contributed by atoms with Gasteiger partial charge in [0.2, 0.25) is 5.91 Å². The van der Waals surface area contributed by atoms with Crippen molar-refractivity contribution in [1.29, 1.82) is 0 Å². The van der Waals surface area contributed by atoms with Gasteiger partial charge in [-0.25, -0.2) is 4.79 Å². The van der Waals surface area contributed by atoms with E-state index in [-0.39, 0.29) is 18.0 Å². The molecular weight excluding hydrogens is 266 g/mol. The molecule has 116 valence electrons. The van der Waals surface area contributed by atoms with Crippen molar-refractivity contribution in [3.8, 4) is 0 Å². The summed E-state index contributed by atoms with van der Waals surface area (Å²) in [6.45, 7) is 2.88. The fourth-order valence-corrected chi connectivity index (χ4v) is 3.11. The van der Waals surface area contributed by atoms with Crippen molar-refractivity contribution >= 4 is 11.9 Å². The summed E-state index contributed by atoms with van der Waals surface area (Å²) in [7, 11) is 0. The van der Waals surface area contributed by atoms with Crippen LogP contribution in [0.25, 0.3) is 0 Å². The predicted molar refractivity (Wildman–Crippen MR) is 80.8 cm³/mol. The van der Waals surface area contributed by atoms with Crippen molar-refractivity contribution in [3.05, 3.63) is 12.2 Å². The molecule has 3 aliphatic rings. The van der Waals surface area contributed by atoms with Crippen molar-refractivity contribution in [2.45, 2.75) is 44.6 Å². The zero-order valence-corrected chi connectivity index (χ0v) is 12.6. The SMILES string of the molecule is O=C(NC1C=CCCC1)N1CCCN(C(=O)C2CC2)CC1. The third-order valence-corrected chi connectivity index (χ3v) is 4.58. The third-order valence-electron chi connectivity index (χ3n) is 4.58. The number of nitrogens with one attached hydrogen (secondary N) is 1. The summed E-state index contributed by atoms with van der Waals surface area (Å²) in [5, 5.41) is 3.09. The topological polar surface area (TPSA) is 52.7 Å². The summed E-state index contributed by atoms with van der Waals surface area (Å²) in [6.07, 6.45) is 10.5. The van der Waals surface area contributed by atoms with Gasteiger partial charge in [0.25, 0.3) is 0 Å². The molecule has 1 unspecified atom stereocenters. The van der Waals surface area contributed by atoms with Gasteiger partial charge in [0.1, 0.15) is 0 Å². The zero-order valence-electron chi connectivity index (χ0n) is 12.6. The highest BCUT2D eigenvalue weighted by molar-refractivity contribution is 5.81. The van der Waals surface area contributed by atoms with E-state index in [2.05, 4.69) is 17.5 Å². The molecule has 0 bridgehead atoms. The van der Waals surface area contributed by atoms with Crippen molar-refractivity contribution in [1.82, 2.24) is 15.1 Å². The Labute approximate surface area is 126 Å². The molecule has 1 N–H and O–H groups in total. The first-order chi connectivity index (χ1) is 10.2. The highest BCUT2D eigenvalue weighted by Gasteiger charge is 2.34. The maximum absolute atomic E-state index is 12.3. The van der Waals surface area contributed by atoms with Gasteiger partial charge >= 0.3 is 6.03 Å². The number of carbonyl (C=O) groups excluding carboxylic acids is 2. The van der Waals surface area contributed by atoms with Gasteiger partial charge in [-0.2, -0.15) is 0 Å². The zero-order chi connectivity index (χ0) is 14.7. The maximum atomic E-state index is 12.3. The van der Waals surface area contributed by atoms with Gasteiger partial charge in [-0.15, -0.1) is 0 Å². The molecule has 0 spiro atoms. The molecule has 0 aromatic carbocycles. The van der Waals surface area contributed by atoms with Crippen LogP contribution in [0.5, 0.6) is 0 Å². The van der Waals surface area contributed by atoms with Gasteiger partial charge in [-0.1, -0.05) is 12.2 Å². The fraction of sp³-hybridized carbons (Fsp3) is 0.750. The molecule has 1 aliphatic heterocycles. The highest BCUT2D eigenvalue weighted by atomic mass is 16.2. The Balaban J connectivity index is 1.49. The maximum Gasteiger partial charge on any atom is 0.317 e. The van der Waals surface area contributed by atoms with Crippen LogP contribution >= 0.6 is 0 Å². The number of nitrogens with zero attached hydrogens (tertiary/aromatic N) is 2.